The molecule has 0 saturated carbocycles. The lowest BCUT2D eigenvalue weighted by atomic mass is 9.61. The molecule has 0 fully saturated rings. The van der Waals surface area contributed by atoms with Crippen LogP contribution in [0.15, 0.2) is 176 Å². The number of anilines is 3. The highest BCUT2D eigenvalue weighted by atomic mass is 15.1. The minimum atomic E-state index is -0.456. The predicted molar refractivity (Wildman–Crippen MR) is 260 cm³/mol. The van der Waals surface area contributed by atoms with Crippen LogP contribution >= 0.6 is 0 Å². The number of hydrogen-bond donors (Lipinski definition) is 0. The Kier molecular flexibility index (Phi) is 8.30. The normalized spacial score (nSPS) is 16.7. The lowest BCUT2D eigenvalue weighted by Gasteiger charge is -2.43. The molecular formula is C61H53N. The molecule has 1 spiro atoms. The number of aryl methyl sites for hydroxylation is 1. The quantitative estimate of drug-likeness (QED) is 0.168. The molecule has 4 aliphatic rings. The van der Waals surface area contributed by atoms with Gasteiger partial charge in [0.1, 0.15) is 0 Å². The Balaban J connectivity index is 1.22. The van der Waals surface area contributed by atoms with Crippen LogP contribution in [-0.2, 0) is 29.1 Å². The summed E-state index contributed by atoms with van der Waals surface area (Å²) < 4.78 is 0. The molecule has 0 bridgehead atoms. The maximum Gasteiger partial charge on any atom is 0.0726 e. The Morgan fingerprint density at radius 3 is 1.63 bits per heavy atom. The summed E-state index contributed by atoms with van der Waals surface area (Å²) in [5.74, 6) is 0. The van der Waals surface area contributed by atoms with Gasteiger partial charge < -0.3 is 4.90 Å². The molecule has 0 aliphatic heterocycles. The zero-order chi connectivity index (χ0) is 41.8. The van der Waals surface area contributed by atoms with Gasteiger partial charge in [0.25, 0.3) is 0 Å². The molecule has 4 aliphatic carbocycles. The van der Waals surface area contributed by atoms with E-state index in [0.29, 0.717) is 0 Å². The van der Waals surface area contributed by atoms with E-state index >= 15 is 0 Å². The van der Waals surface area contributed by atoms with Gasteiger partial charge in [-0.1, -0.05) is 173 Å². The van der Waals surface area contributed by atoms with Gasteiger partial charge in [-0.25, -0.2) is 0 Å². The molecule has 8 aromatic carbocycles. The SMILES string of the molecule is CC1(C)CCC(C)(C)c2c(-c3cc4c(cc3N(c3ccc(-c5ccccc5)cc3)c3cccc5c3CCCC5)C3(c5ccccc5-c5ccccc53)c3ccccc3-4)cccc21. The van der Waals surface area contributed by atoms with Gasteiger partial charge in [0, 0.05) is 16.9 Å². The van der Waals surface area contributed by atoms with Gasteiger partial charge in [-0.3, -0.25) is 0 Å². The van der Waals surface area contributed by atoms with Crippen LogP contribution in [-0.4, -0.2) is 0 Å². The van der Waals surface area contributed by atoms with Gasteiger partial charge in [0.05, 0.1) is 11.1 Å². The van der Waals surface area contributed by atoms with E-state index in [1.807, 2.05) is 0 Å². The molecule has 8 aromatic rings. The van der Waals surface area contributed by atoms with E-state index in [2.05, 4.69) is 209 Å². The molecule has 0 saturated heterocycles. The van der Waals surface area contributed by atoms with Crippen molar-refractivity contribution in [2.75, 3.05) is 4.90 Å². The number of benzene rings is 8. The van der Waals surface area contributed by atoms with Crippen LogP contribution < -0.4 is 4.90 Å². The van der Waals surface area contributed by atoms with Crippen molar-refractivity contribution in [3.05, 3.63) is 220 Å². The molecular weight excluding hydrogens is 747 g/mol. The van der Waals surface area contributed by atoms with E-state index in [1.54, 1.807) is 0 Å². The van der Waals surface area contributed by atoms with E-state index in [0.717, 1.165) is 19.3 Å². The van der Waals surface area contributed by atoms with Crippen molar-refractivity contribution < 1.29 is 0 Å². The Morgan fingerprint density at radius 2 is 0.935 bits per heavy atom. The van der Waals surface area contributed by atoms with Gasteiger partial charge in [0.15, 0.2) is 0 Å². The van der Waals surface area contributed by atoms with E-state index in [1.165, 1.54) is 125 Å². The van der Waals surface area contributed by atoms with Crippen LogP contribution in [0, 0.1) is 0 Å². The molecule has 302 valence electrons. The van der Waals surface area contributed by atoms with Gasteiger partial charge in [-0.05, 0) is 163 Å². The second-order valence-electron chi connectivity index (χ2n) is 19.7. The Labute approximate surface area is 367 Å². The van der Waals surface area contributed by atoms with Crippen molar-refractivity contribution >= 4 is 17.1 Å². The Hall–Kier alpha value is -6.44. The summed E-state index contributed by atoms with van der Waals surface area (Å²) in [5, 5.41) is 0. The number of hydrogen-bond acceptors (Lipinski definition) is 1. The molecule has 0 aromatic heterocycles. The maximum absolute atomic E-state index is 2.67. The Morgan fingerprint density at radius 1 is 0.387 bits per heavy atom. The van der Waals surface area contributed by atoms with E-state index in [-0.39, 0.29) is 10.8 Å². The first kappa shape index (κ1) is 37.3. The van der Waals surface area contributed by atoms with E-state index < -0.39 is 5.41 Å². The van der Waals surface area contributed by atoms with Crippen molar-refractivity contribution in [2.45, 2.75) is 82.5 Å². The van der Waals surface area contributed by atoms with Gasteiger partial charge in [-0.2, -0.15) is 0 Å². The first-order chi connectivity index (χ1) is 30.3. The van der Waals surface area contributed by atoms with Crippen LogP contribution in [0.2, 0.25) is 0 Å². The van der Waals surface area contributed by atoms with Crippen molar-refractivity contribution in [1.82, 2.24) is 0 Å². The van der Waals surface area contributed by atoms with Crippen molar-refractivity contribution in [3.8, 4) is 44.5 Å². The highest BCUT2D eigenvalue weighted by Crippen LogP contribution is 2.65. The van der Waals surface area contributed by atoms with Crippen LogP contribution in [0.3, 0.4) is 0 Å². The third-order valence-corrected chi connectivity index (χ3v) is 15.3. The first-order valence-electron chi connectivity index (χ1n) is 22.9. The number of fused-ring (bicyclic) bond motifs is 12. The summed E-state index contributed by atoms with van der Waals surface area (Å²) in [5.41, 5.74) is 25.3. The van der Waals surface area contributed by atoms with Crippen LogP contribution in [0.4, 0.5) is 17.1 Å². The summed E-state index contributed by atoms with van der Waals surface area (Å²) >= 11 is 0. The van der Waals surface area contributed by atoms with Gasteiger partial charge >= 0.3 is 0 Å². The predicted octanol–water partition coefficient (Wildman–Crippen LogP) is 16.1. The summed E-state index contributed by atoms with van der Waals surface area (Å²) in [4.78, 5) is 2.67. The number of rotatable bonds is 5. The van der Waals surface area contributed by atoms with Crippen molar-refractivity contribution in [2.24, 2.45) is 0 Å². The number of nitrogens with zero attached hydrogens (tertiary/aromatic N) is 1. The summed E-state index contributed by atoms with van der Waals surface area (Å²) in [7, 11) is 0. The second kappa shape index (κ2) is 13.8. The summed E-state index contributed by atoms with van der Waals surface area (Å²) in [6, 6.07) is 67.5. The lowest BCUT2D eigenvalue weighted by Crippen LogP contribution is -2.34. The van der Waals surface area contributed by atoms with Crippen LogP contribution in [0.5, 0.6) is 0 Å². The second-order valence-corrected chi connectivity index (χ2v) is 19.7. The van der Waals surface area contributed by atoms with Gasteiger partial charge in [0.2, 0.25) is 0 Å². The molecule has 0 amide bonds. The molecule has 0 heterocycles. The van der Waals surface area contributed by atoms with Crippen LogP contribution in [0.1, 0.15) is 97.9 Å². The highest BCUT2D eigenvalue weighted by molar-refractivity contribution is 6.01. The standard InChI is InChI=1S/C61H53N/c1-59(2)36-37-60(3,4)58-48(26-17-30-54(58)59)50-38-49-47-25-12-15-29-53(47)61(51-27-13-10-23-45(51)46-24-11-14-28-52(46)61)55(49)39-57(50)62(56-31-16-21-42-20-8-9-22-44(42)56)43-34-32-41(33-35-43)40-18-6-5-7-19-40/h5-7,10-19,21,23-35,38-39H,8-9,20,22,36-37H2,1-4H3. The summed E-state index contributed by atoms with van der Waals surface area (Å²) in [6.07, 6.45) is 7.00. The molecule has 1 heteroatoms. The fourth-order valence-electron chi connectivity index (χ4n) is 12.3. The zero-order valence-corrected chi connectivity index (χ0v) is 36.4. The van der Waals surface area contributed by atoms with Crippen LogP contribution in [0.25, 0.3) is 44.5 Å². The molecule has 0 atom stereocenters. The van der Waals surface area contributed by atoms with Crippen molar-refractivity contribution in [1.29, 1.82) is 0 Å². The monoisotopic (exact) mass is 799 g/mol. The highest BCUT2D eigenvalue weighted by Gasteiger charge is 2.52. The van der Waals surface area contributed by atoms with E-state index in [9.17, 15) is 0 Å². The van der Waals surface area contributed by atoms with E-state index in [4.69, 9.17) is 0 Å². The fourth-order valence-corrected chi connectivity index (χ4v) is 12.3. The first-order valence-corrected chi connectivity index (χ1v) is 22.9. The third kappa shape index (κ3) is 5.33. The molecule has 0 N–H and O–H groups in total. The average molecular weight is 800 g/mol. The molecule has 0 radical (unpaired) electrons. The molecule has 12 rings (SSSR count). The average Bonchev–Trinajstić information content (AvgIpc) is 3.78. The maximum atomic E-state index is 2.67. The topological polar surface area (TPSA) is 3.24 Å². The minimum absolute atomic E-state index is 0.00820. The smallest absolute Gasteiger partial charge is 0.0726 e. The minimum Gasteiger partial charge on any atom is -0.310 e. The molecule has 0 unspecified atom stereocenters. The lowest BCUT2D eigenvalue weighted by molar-refractivity contribution is 0.333. The Bertz CT molecular complexity index is 3030. The van der Waals surface area contributed by atoms with Gasteiger partial charge in [-0.15, -0.1) is 0 Å². The molecule has 62 heavy (non-hydrogen) atoms. The molecule has 1 nitrogen and oxygen atoms in total. The fraction of sp³-hybridized carbons (Fsp3) is 0.213. The van der Waals surface area contributed by atoms with Crippen molar-refractivity contribution in [3.63, 3.8) is 0 Å². The third-order valence-electron chi connectivity index (χ3n) is 15.3. The summed E-state index contributed by atoms with van der Waals surface area (Å²) in [6.45, 7) is 9.89. The zero-order valence-electron chi connectivity index (χ0n) is 36.4. The largest absolute Gasteiger partial charge is 0.310 e.